The van der Waals surface area contributed by atoms with Gasteiger partial charge >= 0.3 is 13.7 Å². The highest BCUT2D eigenvalue weighted by Gasteiger charge is 2.65. The van der Waals surface area contributed by atoms with Crippen LogP contribution >= 0.6 is 7.75 Å². The number of hydrogen-bond acceptors (Lipinski definition) is 12. The number of esters is 1. The molecule has 3 aliphatic rings. The van der Waals surface area contributed by atoms with Crippen molar-refractivity contribution < 1.29 is 37.4 Å². The predicted molar refractivity (Wildman–Crippen MR) is 160 cm³/mol. The number of fused-ring (bicyclic) bond motifs is 2. The number of nitrogens with two attached hydrogens (primary N) is 1. The van der Waals surface area contributed by atoms with Crippen molar-refractivity contribution in [2.24, 2.45) is 0 Å². The van der Waals surface area contributed by atoms with Gasteiger partial charge in [0, 0.05) is 0 Å². The first-order valence-corrected chi connectivity index (χ1v) is 16.6. The van der Waals surface area contributed by atoms with E-state index in [1.165, 1.54) is 10.8 Å². The lowest BCUT2D eigenvalue weighted by Gasteiger charge is -2.29. The first-order chi connectivity index (χ1) is 21.5. The fourth-order valence-corrected chi connectivity index (χ4v) is 7.59. The zero-order valence-corrected chi connectivity index (χ0v) is 26.2. The Morgan fingerprint density at radius 3 is 2.67 bits per heavy atom. The summed E-state index contributed by atoms with van der Waals surface area (Å²) in [6.07, 6.45) is 3.14. The first kappa shape index (κ1) is 31.4. The van der Waals surface area contributed by atoms with Crippen LogP contribution in [0.2, 0.25) is 0 Å². The molecule has 1 saturated carbocycles. The Labute approximate surface area is 260 Å². The molecule has 6 rings (SSSR count). The van der Waals surface area contributed by atoms with Crippen molar-refractivity contribution in [2.45, 2.75) is 94.7 Å². The molecule has 45 heavy (non-hydrogen) atoms. The molecule has 15 heteroatoms. The number of para-hydroxylation sites is 1. The summed E-state index contributed by atoms with van der Waals surface area (Å²) in [5.41, 5.74) is 5.19. The zero-order valence-electron chi connectivity index (χ0n) is 25.3. The van der Waals surface area contributed by atoms with Crippen LogP contribution in [0.3, 0.4) is 0 Å². The molecule has 3 N–H and O–H groups in total. The minimum Gasteiger partial charge on any atom is -0.461 e. The van der Waals surface area contributed by atoms with E-state index in [0.29, 0.717) is 11.2 Å². The van der Waals surface area contributed by atoms with Gasteiger partial charge in [0.1, 0.15) is 54.1 Å². The number of ether oxygens (including phenoxy) is 4. The van der Waals surface area contributed by atoms with Crippen LogP contribution in [0.15, 0.2) is 48.8 Å². The van der Waals surface area contributed by atoms with Crippen molar-refractivity contribution in [3.63, 3.8) is 0 Å². The molecule has 2 aromatic heterocycles. The molecule has 0 spiro atoms. The van der Waals surface area contributed by atoms with Gasteiger partial charge in [-0.15, -0.1) is 0 Å². The van der Waals surface area contributed by atoms with Crippen LogP contribution in [0, 0.1) is 11.3 Å². The molecule has 1 aromatic carbocycles. The summed E-state index contributed by atoms with van der Waals surface area (Å²) in [5.74, 6) is -1.14. The first-order valence-electron chi connectivity index (χ1n) is 15.0. The summed E-state index contributed by atoms with van der Waals surface area (Å²) in [4.78, 5) is 17.0. The maximum atomic E-state index is 14.2. The molecule has 2 aliphatic heterocycles. The van der Waals surface area contributed by atoms with E-state index in [4.69, 9.17) is 33.7 Å². The summed E-state index contributed by atoms with van der Waals surface area (Å²) in [6.45, 7) is 4.66. The number of aromatic nitrogens is 3. The van der Waals surface area contributed by atoms with Gasteiger partial charge in [-0.25, -0.2) is 14.1 Å². The number of nitrogens with one attached hydrogen (secondary N) is 1. The Morgan fingerprint density at radius 1 is 1.18 bits per heavy atom. The highest BCUT2D eigenvalue weighted by atomic mass is 31.2. The number of nitrogens with zero attached hydrogens (tertiary/aromatic N) is 4. The van der Waals surface area contributed by atoms with Crippen molar-refractivity contribution in [3.05, 3.63) is 54.5 Å². The van der Waals surface area contributed by atoms with Crippen LogP contribution in [-0.4, -0.2) is 63.4 Å². The average Bonchev–Trinajstić information content (AvgIpc) is 3.68. The molecule has 3 fully saturated rings. The quantitative estimate of drug-likeness (QED) is 0.240. The Balaban J connectivity index is 1.25. The summed E-state index contributed by atoms with van der Waals surface area (Å²) in [5, 5.41) is 17.6. The van der Waals surface area contributed by atoms with Gasteiger partial charge in [0.15, 0.2) is 11.6 Å². The second-order valence-electron chi connectivity index (χ2n) is 11.9. The maximum absolute atomic E-state index is 14.2. The van der Waals surface area contributed by atoms with Gasteiger partial charge in [-0.2, -0.15) is 15.4 Å². The minimum atomic E-state index is -4.23. The van der Waals surface area contributed by atoms with Crippen LogP contribution in [-0.2, 0) is 38.4 Å². The fourth-order valence-electron chi connectivity index (χ4n) is 6.09. The van der Waals surface area contributed by atoms with E-state index in [0.717, 1.165) is 32.1 Å². The molecule has 2 saturated heterocycles. The Kier molecular flexibility index (Phi) is 8.60. The molecular formula is C30H37N6O8P. The van der Waals surface area contributed by atoms with Crippen molar-refractivity contribution in [3.8, 4) is 11.8 Å². The molecule has 1 unspecified atom stereocenters. The number of hydrogen-bond donors (Lipinski definition) is 2. The summed E-state index contributed by atoms with van der Waals surface area (Å²) in [6, 6.07) is 13.1. The van der Waals surface area contributed by atoms with E-state index in [9.17, 15) is 14.6 Å². The lowest BCUT2D eigenvalue weighted by atomic mass is 9.92. The minimum absolute atomic E-state index is 0.178. The number of rotatable bonds is 10. The van der Waals surface area contributed by atoms with Crippen LogP contribution in [0.25, 0.3) is 5.52 Å². The van der Waals surface area contributed by atoms with E-state index >= 15 is 0 Å². The number of nitrogen functional groups attached to an aromatic ring is 1. The zero-order chi connectivity index (χ0) is 31.8. The average molecular weight is 641 g/mol. The lowest BCUT2D eigenvalue weighted by molar-refractivity contribution is -0.204. The third kappa shape index (κ3) is 6.29. The summed E-state index contributed by atoms with van der Waals surface area (Å²) in [7, 11) is -4.23. The number of benzene rings is 1. The summed E-state index contributed by atoms with van der Waals surface area (Å²) < 4.78 is 52.0. The lowest BCUT2D eigenvalue weighted by Crippen LogP contribution is -2.40. The molecule has 0 amide bonds. The van der Waals surface area contributed by atoms with Gasteiger partial charge in [-0.3, -0.25) is 9.32 Å². The summed E-state index contributed by atoms with van der Waals surface area (Å²) >= 11 is 0. The molecule has 6 atom stereocenters. The molecule has 240 valence electrons. The van der Waals surface area contributed by atoms with Gasteiger partial charge < -0.3 is 29.2 Å². The van der Waals surface area contributed by atoms with Gasteiger partial charge in [-0.05, 0) is 70.7 Å². The van der Waals surface area contributed by atoms with E-state index in [1.54, 1.807) is 63.2 Å². The second-order valence-corrected chi connectivity index (χ2v) is 13.6. The van der Waals surface area contributed by atoms with Crippen LogP contribution < -0.4 is 15.3 Å². The Morgan fingerprint density at radius 2 is 1.93 bits per heavy atom. The number of nitriles is 1. The van der Waals surface area contributed by atoms with Crippen LogP contribution in [0.5, 0.6) is 5.75 Å². The normalized spacial score (nSPS) is 28.2. The van der Waals surface area contributed by atoms with Crippen LogP contribution in [0.4, 0.5) is 5.82 Å². The largest absolute Gasteiger partial charge is 0.461 e. The van der Waals surface area contributed by atoms with Crippen molar-refractivity contribution in [1.82, 2.24) is 19.7 Å². The Bertz CT molecular complexity index is 1620. The number of carbonyl (C=O) groups is 1. The van der Waals surface area contributed by atoms with Crippen molar-refractivity contribution in [1.29, 1.82) is 5.26 Å². The fraction of sp³-hybridized carbons (Fsp3) is 0.533. The monoisotopic (exact) mass is 640 g/mol. The third-order valence-corrected chi connectivity index (χ3v) is 9.82. The topological polar surface area (TPSA) is 182 Å². The maximum Gasteiger partial charge on any atom is 0.459 e. The van der Waals surface area contributed by atoms with Crippen molar-refractivity contribution >= 4 is 25.1 Å². The molecule has 0 radical (unpaired) electrons. The molecule has 1 aliphatic carbocycles. The highest BCUT2D eigenvalue weighted by Crippen LogP contribution is 2.51. The van der Waals surface area contributed by atoms with Crippen LogP contribution in [0.1, 0.15) is 58.6 Å². The molecular weight excluding hydrogens is 603 g/mol. The molecule has 3 aromatic rings. The predicted octanol–water partition coefficient (Wildman–Crippen LogP) is 4.01. The number of anilines is 1. The number of carbonyl (C=O) groups excluding carboxylic acids is 1. The second kappa shape index (κ2) is 12.3. The molecule has 14 nitrogen and oxygen atoms in total. The van der Waals surface area contributed by atoms with E-state index in [-0.39, 0.29) is 24.3 Å². The third-order valence-electron chi connectivity index (χ3n) is 8.18. The molecule has 4 heterocycles. The van der Waals surface area contributed by atoms with Gasteiger partial charge in [-0.1, -0.05) is 24.6 Å². The Hall–Kier alpha value is -3.57. The smallest absolute Gasteiger partial charge is 0.459 e. The van der Waals surface area contributed by atoms with E-state index in [1.807, 2.05) is 0 Å². The standard InChI is InChI=1S/C30H37N6O8P/c1-19(28(37)40-20-10-6-4-7-11-20)35-45(38,44-21-12-8-5-9-13-21)39-16-23-25-26(43-29(2,3)42-25)30(17-31,41-23)24-15-14-22-27(32)33-18-34-36(22)24/h5,8-9,12-15,18-20,23,25-26H,4,6-7,10-11,16H2,1-3H3,(H,35,38)(H2,32,33,34)/t19-,23+,25+,26+,30-,45?/m0/s1. The van der Waals surface area contributed by atoms with Gasteiger partial charge in [0.05, 0.1) is 12.3 Å². The van der Waals surface area contributed by atoms with Gasteiger partial charge in [0.2, 0.25) is 5.60 Å². The SMILES string of the molecule is C[C@H](NP(=O)(OC[C@H]1O[C@@](C#N)(c2ccc3c(N)ncnn23)[C@@H]2OC(C)(C)O[C@@H]21)Oc1ccccc1)C(=O)OC1CCCCC1. The molecule has 0 bridgehead atoms. The van der Waals surface area contributed by atoms with E-state index in [2.05, 4.69) is 21.2 Å². The highest BCUT2D eigenvalue weighted by molar-refractivity contribution is 7.52. The van der Waals surface area contributed by atoms with Crippen molar-refractivity contribution in [2.75, 3.05) is 12.3 Å². The van der Waals surface area contributed by atoms with E-state index < -0.39 is 49.5 Å². The van der Waals surface area contributed by atoms with Gasteiger partial charge in [0.25, 0.3) is 0 Å².